The molecule has 2 aliphatic rings. The smallest absolute Gasteiger partial charge is 0.338 e. The Balaban J connectivity index is 0.00000240. The highest BCUT2D eigenvalue weighted by Gasteiger charge is 2.47. The Bertz CT molecular complexity index is 887. The van der Waals surface area contributed by atoms with Gasteiger partial charge < -0.3 is 19.7 Å². The maximum Gasteiger partial charge on any atom is 0.338 e. The van der Waals surface area contributed by atoms with Gasteiger partial charge in [-0.1, -0.05) is 24.3 Å². The Labute approximate surface area is 176 Å². The minimum atomic E-state index is -0.494. The summed E-state index contributed by atoms with van der Waals surface area (Å²) in [5, 5.41) is 3.45. The fraction of sp³-hybridized carbons (Fsp3) is 0.364. The standard InChI is InChI=1S/C22H24N2O4.ClH/c1-27-16-9-7-14(8-10-16)20-19-12-23-11-15(19)13-24(20)21(25)17-5-3-4-6-18(17)22(26)28-2;/h3-10,15,19-20,23H,11-13H2,1-2H3;1H/t15-,19-,20+;/m0./s1. The summed E-state index contributed by atoms with van der Waals surface area (Å²) < 4.78 is 10.1. The van der Waals surface area contributed by atoms with Crippen LogP contribution in [0.3, 0.4) is 0 Å². The lowest BCUT2D eigenvalue weighted by molar-refractivity contribution is 0.0586. The maximum absolute atomic E-state index is 13.5. The average molecular weight is 417 g/mol. The number of ether oxygens (including phenoxy) is 2. The van der Waals surface area contributed by atoms with Crippen molar-refractivity contribution in [2.45, 2.75) is 6.04 Å². The number of methoxy groups -OCH3 is 2. The third kappa shape index (κ3) is 3.82. The molecule has 6 nitrogen and oxygen atoms in total. The number of nitrogens with one attached hydrogen (secondary N) is 1. The van der Waals surface area contributed by atoms with Crippen molar-refractivity contribution in [1.82, 2.24) is 10.2 Å². The number of likely N-dealkylation sites (tertiary alicyclic amines) is 1. The fourth-order valence-corrected chi connectivity index (χ4v) is 4.47. The van der Waals surface area contributed by atoms with E-state index < -0.39 is 5.97 Å². The Morgan fingerprint density at radius 3 is 2.34 bits per heavy atom. The number of carbonyl (C=O) groups is 2. The lowest BCUT2D eigenvalue weighted by Crippen LogP contribution is -2.35. The van der Waals surface area contributed by atoms with E-state index in [0.29, 0.717) is 29.5 Å². The van der Waals surface area contributed by atoms with E-state index in [4.69, 9.17) is 9.47 Å². The highest BCUT2D eigenvalue weighted by atomic mass is 35.5. The largest absolute Gasteiger partial charge is 0.497 e. The van der Waals surface area contributed by atoms with Gasteiger partial charge in [-0.25, -0.2) is 4.79 Å². The minimum Gasteiger partial charge on any atom is -0.497 e. The van der Waals surface area contributed by atoms with Gasteiger partial charge in [-0.2, -0.15) is 0 Å². The van der Waals surface area contributed by atoms with E-state index in [1.807, 2.05) is 29.2 Å². The van der Waals surface area contributed by atoms with E-state index in [-0.39, 0.29) is 24.4 Å². The number of fused-ring (bicyclic) bond motifs is 1. The summed E-state index contributed by atoms with van der Waals surface area (Å²) >= 11 is 0. The number of nitrogens with zero attached hydrogens (tertiary/aromatic N) is 1. The molecule has 2 fully saturated rings. The number of benzene rings is 2. The Morgan fingerprint density at radius 1 is 1.00 bits per heavy atom. The van der Waals surface area contributed by atoms with Crippen LogP contribution in [-0.4, -0.2) is 50.6 Å². The monoisotopic (exact) mass is 416 g/mol. The second kappa shape index (κ2) is 8.84. The predicted molar refractivity (Wildman–Crippen MR) is 112 cm³/mol. The fourth-order valence-electron chi connectivity index (χ4n) is 4.47. The number of hydrogen-bond donors (Lipinski definition) is 1. The van der Waals surface area contributed by atoms with Gasteiger partial charge in [-0.3, -0.25) is 4.79 Å². The molecule has 0 aromatic heterocycles. The summed E-state index contributed by atoms with van der Waals surface area (Å²) in [6.45, 7) is 2.45. The van der Waals surface area contributed by atoms with E-state index in [9.17, 15) is 9.59 Å². The topological polar surface area (TPSA) is 67.9 Å². The van der Waals surface area contributed by atoms with Crippen LogP contribution in [0.5, 0.6) is 5.75 Å². The summed E-state index contributed by atoms with van der Waals surface area (Å²) in [7, 11) is 2.97. The molecule has 2 aromatic carbocycles. The van der Waals surface area contributed by atoms with E-state index in [1.165, 1.54) is 7.11 Å². The first-order chi connectivity index (χ1) is 13.6. The van der Waals surface area contributed by atoms with E-state index in [1.54, 1.807) is 31.4 Å². The second-order valence-electron chi connectivity index (χ2n) is 7.29. The van der Waals surface area contributed by atoms with Gasteiger partial charge in [0.25, 0.3) is 5.91 Å². The minimum absolute atomic E-state index is 0. The first-order valence-electron chi connectivity index (χ1n) is 9.47. The van der Waals surface area contributed by atoms with Gasteiger partial charge in [0.15, 0.2) is 0 Å². The molecule has 154 valence electrons. The molecule has 2 aromatic rings. The lowest BCUT2D eigenvalue weighted by Gasteiger charge is -2.29. The molecule has 2 aliphatic heterocycles. The molecule has 1 amide bonds. The van der Waals surface area contributed by atoms with Crippen LogP contribution in [0, 0.1) is 11.8 Å². The number of hydrogen-bond acceptors (Lipinski definition) is 5. The van der Waals surface area contributed by atoms with Crippen LogP contribution in [0.2, 0.25) is 0 Å². The van der Waals surface area contributed by atoms with Crippen LogP contribution in [0.4, 0.5) is 0 Å². The molecule has 2 heterocycles. The summed E-state index contributed by atoms with van der Waals surface area (Å²) in [6.07, 6.45) is 0. The Kier molecular flexibility index (Phi) is 6.45. The number of amides is 1. The van der Waals surface area contributed by atoms with Crippen molar-refractivity contribution in [2.75, 3.05) is 33.9 Å². The van der Waals surface area contributed by atoms with Gasteiger partial charge in [-0.15, -0.1) is 12.4 Å². The third-order valence-electron chi connectivity index (χ3n) is 5.85. The molecule has 2 saturated heterocycles. The van der Waals surface area contributed by atoms with Crippen LogP contribution < -0.4 is 10.1 Å². The van der Waals surface area contributed by atoms with Gasteiger partial charge in [0.1, 0.15) is 5.75 Å². The molecule has 0 radical (unpaired) electrons. The van der Waals surface area contributed by atoms with Crippen molar-refractivity contribution in [3.8, 4) is 5.75 Å². The molecule has 0 bridgehead atoms. The van der Waals surface area contributed by atoms with Crippen molar-refractivity contribution in [3.63, 3.8) is 0 Å². The number of rotatable bonds is 4. The quantitative estimate of drug-likeness (QED) is 0.776. The second-order valence-corrected chi connectivity index (χ2v) is 7.29. The van der Waals surface area contributed by atoms with Crippen molar-refractivity contribution < 1.29 is 19.1 Å². The average Bonchev–Trinajstić information content (AvgIpc) is 3.34. The SMILES string of the molecule is COC(=O)c1ccccc1C(=O)N1C[C@@H]2CNC[C@@H]2[C@H]1c1ccc(OC)cc1.Cl. The Hall–Kier alpha value is -2.57. The molecule has 0 unspecified atom stereocenters. The summed E-state index contributed by atoms with van der Waals surface area (Å²) in [5.74, 6) is 0.919. The van der Waals surface area contributed by atoms with E-state index in [0.717, 1.165) is 24.4 Å². The van der Waals surface area contributed by atoms with Gasteiger partial charge in [-0.05, 0) is 35.7 Å². The summed E-state index contributed by atoms with van der Waals surface area (Å²) in [5.41, 5.74) is 1.78. The molecular weight excluding hydrogens is 392 g/mol. The van der Waals surface area contributed by atoms with Crippen molar-refractivity contribution in [2.24, 2.45) is 11.8 Å². The maximum atomic E-state index is 13.5. The zero-order valence-electron chi connectivity index (χ0n) is 16.5. The normalized spacial score (nSPS) is 22.6. The van der Waals surface area contributed by atoms with Crippen LogP contribution in [-0.2, 0) is 4.74 Å². The third-order valence-corrected chi connectivity index (χ3v) is 5.85. The molecule has 0 aliphatic carbocycles. The highest BCUT2D eigenvalue weighted by molar-refractivity contribution is 6.05. The van der Waals surface area contributed by atoms with Crippen LogP contribution >= 0.6 is 12.4 Å². The van der Waals surface area contributed by atoms with Crippen molar-refractivity contribution in [3.05, 3.63) is 65.2 Å². The number of esters is 1. The van der Waals surface area contributed by atoms with Crippen LogP contribution in [0.15, 0.2) is 48.5 Å². The molecule has 7 heteroatoms. The van der Waals surface area contributed by atoms with E-state index >= 15 is 0 Å². The Morgan fingerprint density at radius 2 is 1.69 bits per heavy atom. The predicted octanol–water partition coefficient (Wildman–Crippen LogP) is 2.94. The van der Waals surface area contributed by atoms with Gasteiger partial charge in [0.2, 0.25) is 0 Å². The lowest BCUT2D eigenvalue weighted by atomic mass is 9.89. The summed E-state index contributed by atoms with van der Waals surface area (Å²) in [4.78, 5) is 27.6. The molecule has 0 spiro atoms. The molecule has 4 rings (SSSR count). The first-order valence-corrected chi connectivity index (χ1v) is 9.47. The number of halogens is 1. The van der Waals surface area contributed by atoms with Gasteiger partial charge >= 0.3 is 5.97 Å². The van der Waals surface area contributed by atoms with Gasteiger partial charge in [0, 0.05) is 25.6 Å². The van der Waals surface area contributed by atoms with Crippen molar-refractivity contribution in [1.29, 1.82) is 0 Å². The zero-order valence-corrected chi connectivity index (χ0v) is 17.3. The summed E-state index contributed by atoms with van der Waals surface area (Å²) in [6, 6.07) is 14.7. The van der Waals surface area contributed by atoms with E-state index in [2.05, 4.69) is 5.32 Å². The zero-order chi connectivity index (χ0) is 19.7. The van der Waals surface area contributed by atoms with Crippen LogP contribution in [0.25, 0.3) is 0 Å². The highest BCUT2D eigenvalue weighted by Crippen LogP contribution is 2.43. The molecule has 29 heavy (non-hydrogen) atoms. The molecule has 1 N–H and O–H groups in total. The number of carbonyl (C=O) groups excluding carboxylic acids is 2. The first kappa shape index (κ1) is 21.1. The molecular formula is C22H25ClN2O4. The molecule has 3 atom stereocenters. The molecule has 0 saturated carbocycles. The van der Waals surface area contributed by atoms with Crippen molar-refractivity contribution >= 4 is 24.3 Å². The van der Waals surface area contributed by atoms with Crippen LogP contribution in [0.1, 0.15) is 32.3 Å². The van der Waals surface area contributed by atoms with Gasteiger partial charge in [0.05, 0.1) is 31.4 Å².